The van der Waals surface area contributed by atoms with Crippen LogP contribution in [-0.4, -0.2) is 4.57 Å². The molecule has 0 amide bonds. The minimum Gasteiger partial charge on any atom is -0.308 e. The number of thiophene rings is 1. The van der Waals surface area contributed by atoms with E-state index >= 15 is 0 Å². The van der Waals surface area contributed by atoms with Crippen LogP contribution in [0.2, 0.25) is 0 Å². The second-order valence-electron chi connectivity index (χ2n) is 7.94. The molecule has 0 unspecified atom stereocenters. The lowest BCUT2D eigenvalue weighted by atomic mass is 10.1. The van der Waals surface area contributed by atoms with Crippen molar-refractivity contribution in [2.45, 2.75) is 0 Å². The highest BCUT2D eigenvalue weighted by molar-refractivity contribution is 9.10. The van der Waals surface area contributed by atoms with E-state index in [4.69, 9.17) is 0 Å². The Balaban J connectivity index is 1.73. The summed E-state index contributed by atoms with van der Waals surface area (Å²) in [6.07, 6.45) is 0. The summed E-state index contributed by atoms with van der Waals surface area (Å²) in [6.45, 7) is 0. The Labute approximate surface area is 191 Å². The number of rotatable bonds is 1. The number of benzene rings is 5. The van der Waals surface area contributed by atoms with E-state index < -0.39 is 0 Å². The fourth-order valence-electron chi connectivity index (χ4n) is 4.87. The maximum Gasteiger partial charge on any atom is 0.0720 e. The van der Waals surface area contributed by atoms with Crippen LogP contribution in [0.1, 0.15) is 0 Å². The Morgan fingerprint density at radius 1 is 0.645 bits per heavy atom. The number of fused-ring (bicyclic) bond motifs is 8. The van der Waals surface area contributed by atoms with E-state index in [9.17, 15) is 0 Å². The summed E-state index contributed by atoms with van der Waals surface area (Å²) in [7, 11) is 0. The Morgan fingerprint density at radius 2 is 1.39 bits per heavy atom. The molecule has 1 nitrogen and oxygen atoms in total. The van der Waals surface area contributed by atoms with E-state index in [0.29, 0.717) is 0 Å². The summed E-state index contributed by atoms with van der Waals surface area (Å²) in [4.78, 5) is 0. The van der Waals surface area contributed by atoms with Gasteiger partial charge in [0.25, 0.3) is 0 Å². The molecule has 3 heteroatoms. The van der Waals surface area contributed by atoms with Crippen molar-refractivity contribution in [2.24, 2.45) is 0 Å². The van der Waals surface area contributed by atoms with Crippen LogP contribution in [-0.2, 0) is 0 Å². The molecule has 146 valence electrons. The molecule has 0 aliphatic rings. The summed E-state index contributed by atoms with van der Waals surface area (Å²) >= 11 is 5.78. The Morgan fingerprint density at radius 3 is 2.29 bits per heavy atom. The van der Waals surface area contributed by atoms with E-state index in [-0.39, 0.29) is 0 Å². The van der Waals surface area contributed by atoms with Gasteiger partial charge in [-0.25, -0.2) is 0 Å². The minimum absolute atomic E-state index is 1.16. The predicted octanol–water partition coefficient (Wildman–Crippen LogP) is 9.07. The second kappa shape index (κ2) is 6.43. The number of para-hydroxylation sites is 1. The molecule has 0 spiro atoms. The summed E-state index contributed by atoms with van der Waals surface area (Å²) in [5.74, 6) is 0. The highest BCUT2D eigenvalue weighted by Gasteiger charge is 2.19. The third-order valence-corrected chi connectivity index (χ3v) is 8.03. The fourth-order valence-corrected chi connectivity index (χ4v) is 6.91. The summed E-state index contributed by atoms with van der Waals surface area (Å²) in [6, 6.07) is 35.1. The lowest BCUT2D eigenvalue weighted by molar-refractivity contribution is 1.19. The van der Waals surface area contributed by atoms with Crippen LogP contribution in [0.5, 0.6) is 0 Å². The molecule has 0 radical (unpaired) electrons. The van der Waals surface area contributed by atoms with Crippen LogP contribution in [0.25, 0.3) is 58.4 Å². The van der Waals surface area contributed by atoms with Gasteiger partial charge in [0.1, 0.15) is 0 Å². The zero-order valence-corrected chi connectivity index (χ0v) is 18.9. The maximum absolute atomic E-state index is 3.90. The molecule has 2 aromatic heterocycles. The predicted molar refractivity (Wildman–Crippen MR) is 139 cm³/mol. The lowest BCUT2D eigenvalue weighted by Crippen LogP contribution is -1.94. The number of hydrogen-bond acceptors (Lipinski definition) is 1. The van der Waals surface area contributed by atoms with Gasteiger partial charge in [0, 0.05) is 36.4 Å². The van der Waals surface area contributed by atoms with Crippen LogP contribution in [0, 0.1) is 0 Å². The molecular weight excluding hydrogens is 462 g/mol. The average Bonchev–Trinajstić information content (AvgIpc) is 3.35. The van der Waals surface area contributed by atoms with Crippen molar-refractivity contribution in [1.29, 1.82) is 0 Å². The number of halogens is 1. The van der Waals surface area contributed by atoms with Crippen LogP contribution in [0.3, 0.4) is 0 Å². The van der Waals surface area contributed by atoms with Crippen molar-refractivity contribution in [3.8, 4) is 5.69 Å². The lowest BCUT2D eigenvalue weighted by Gasteiger charge is -2.10. The standard InChI is InChI=1S/C28H16BrNS/c29-23-16-22-20-9-3-5-11-24(20)30(19-14-13-17-7-1-2-8-18(17)15-19)27(22)28-26(23)21-10-4-6-12-25(21)31-28/h1-16H. The summed E-state index contributed by atoms with van der Waals surface area (Å²) in [5.41, 5.74) is 3.73. The second-order valence-corrected chi connectivity index (χ2v) is 9.85. The van der Waals surface area contributed by atoms with Crippen molar-refractivity contribution in [1.82, 2.24) is 4.57 Å². The molecule has 0 saturated carbocycles. The Kier molecular flexibility index (Phi) is 3.64. The van der Waals surface area contributed by atoms with Crippen LogP contribution < -0.4 is 0 Å². The molecule has 5 aromatic carbocycles. The topological polar surface area (TPSA) is 4.93 Å². The molecule has 0 atom stereocenters. The van der Waals surface area contributed by atoms with E-state index in [2.05, 4.69) is 118 Å². The van der Waals surface area contributed by atoms with Crippen molar-refractivity contribution in [2.75, 3.05) is 0 Å². The van der Waals surface area contributed by atoms with Gasteiger partial charge in [-0.1, -0.05) is 82.7 Å². The zero-order valence-electron chi connectivity index (χ0n) is 16.5. The first-order valence-corrected chi connectivity index (χ1v) is 11.9. The third kappa shape index (κ3) is 2.42. The highest BCUT2D eigenvalue weighted by atomic mass is 79.9. The average molecular weight is 478 g/mol. The number of aromatic nitrogens is 1. The van der Waals surface area contributed by atoms with Gasteiger partial charge < -0.3 is 4.57 Å². The molecular formula is C28H16BrNS. The van der Waals surface area contributed by atoms with Gasteiger partial charge in [-0.05, 0) is 41.1 Å². The first-order chi connectivity index (χ1) is 15.3. The number of hydrogen-bond donors (Lipinski definition) is 0. The van der Waals surface area contributed by atoms with E-state index in [1.165, 1.54) is 58.4 Å². The maximum atomic E-state index is 3.90. The van der Waals surface area contributed by atoms with Gasteiger partial charge in [-0.15, -0.1) is 11.3 Å². The molecule has 0 aliphatic carbocycles. The van der Waals surface area contributed by atoms with Crippen LogP contribution in [0.15, 0.2) is 102 Å². The summed E-state index contributed by atoms with van der Waals surface area (Å²) < 4.78 is 6.26. The van der Waals surface area contributed by atoms with Crippen molar-refractivity contribution in [3.05, 3.63) is 102 Å². The van der Waals surface area contributed by atoms with Crippen LogP contribution >= 0.6 is 27.3 Å². The van der Waals surface area contributed by atoms with E-state index in [1.54, 1.807) is 0 Å². The van der Waals surface area contributed by atoms with Gasteiger partial charge in [0.2, 0.25) is 0 Å². The Hall–Kier alpha value is -3.14. The highest BCUT2D eigenvalue weighted by Crippen LogP contribution is 2.46. The monoisotopic (exact) mass is 477 g/mol. The molecule has 7 aromatic rings. The third-order valence-electron chi connectivity index (χ3n) is 6.23. The van der Waals surface area contributed by atoms with Crippen molar-refractivity contribution < 1.29 is 0 Å². The van der Waals surface area contributed by atoms with Crippen molar-refractivity contribution >= 4 is 80.0 Å². The number of nitrogens with zero attached hydrogens (tertiary/aromatic N) is 1. The first-order valence-electron chi connectivity index (χ1n) is 10.3. The van der Waals surface area contributed by atoms with Gasteiger partial charge in [0.05, 0.1) is 15.7 Å². The van der Waals surface area contributed by atoms with E-state index in [0.717, 1.165) is 4.47 Å². The molecule has 0 bridgehead atoms. The quantitative estimate of drug-likeness (QED) is 0.222. The van der Waals surface area contributed by atoms with Crippen molar-refractivity contribution in [3.63, 3.8) is 0 Å². The minimum atomic E-state index is 1.16. The van der Waals surface area contributed by atoms with Crippen LogP contribution in [0.4, 0.5) is 0 Å². The molecule has 0 N–H and O–H groups in total. The fraction of sp³-hybridized carbons (Fsp3) is 0. The SMILES string of the molecule is Brc1cc2c3ccccc3n(-c3ccc4ccccc4c3)c2c2sc3ccccc3c12. The molecule has 0 fully saturated rings. The van der Waals surface area contributed by atoms with E-state index in [1.807, 2.05) is 11.3 Å². The van der Waals surface area contributed by atoms with Gasteiger partial charge in [-0.3, -0.25) is 0 Å². The molecule has 31 heavy (non-hydrogen) atoms. The molecule has 0 saturated heterocycles. The Bertz CT molecular complexity index is 1810. The summed E-state index contributed by atoms with van der Waals surface area (Å²) in [5, 5.41) is 7.71. The first kappa shape index (κ1) is 17.5. The molecule has 2 heterocycles. The molecule has 7 rings (SSSR count). The van der Waals surface area contributed by atoms with Gasteiger partial charge in [-0.2, -0.15) is 0 Å². The smallest absolute Gasteiger partial charge is 0.0720 e. The molecule has 0 aliphatic heterocycles. The van der Waals surface area contributed by atoms with Gasteiger partial charge in [0.15, 0.2) is 0 Å². The van der Waals surface area contributed by atoms with Gasteiger partial charge >= 0.3 is 0 Å². The normalized spacial score (nSPS) is 12.0. The largest absolute Gasteiger partial charge is 0.308 e. The zero-order chi connectivity index (χ0) is 20.5.